The Kier molecular flexibility index (Phi) is 8.14. The standard InChI is InChI=1S/C21H25FN4O3/c1-3-4-19(26-21(29)23-13-15-5-7-16(22)8-6-15)20(28)25-18-11-9-17(10-12-18)24-14(2)27/h5-12,19H,3-4,13H2,1-2H3,(H,24,27)(H,25,28)(H2,23,26,29). The van der Waals surface area contributed by atoms with E-state index in [-0.39, 0.29) is 24.2 Å². The molecule has 2 aromatic rings. The van der Waals surface area contributed by atoms with E-state index in [1.165, 1.54) is 19.1 Å². The Bertz CT molecular complexity index is 838. The number of hydrogen-bond acceptors (Lipinski definition) is 3. The van der Waals surface area contributed by atoms with Crippen molar-refractivity contribution in [1.29, 1.82) is 0 Å². The first-order chi connectivity index (χ1) is 13.9. The van der Waals surface area contributed by atoms with Crippen LogP contribution >= 0.6 is 0 Å². The van der Waals surface area contributed by atoms with Gasteiger partial charge in [-0.25, -0.2) is 9.18 Å². The van der Waals surface area contributed by atoms with Crippen molar-refractivity contribution < 1.29 is 18.8 Å². The number of carbonyl (C=O) groups is 3. The highest BCUT2D eigenvalue weighted by molar-refractivity contribution is 5.97. The average molecular weight is 400 g/mol. The minimum Gasteiger partial charge on any atom is -0.334 e. The molecular formula is C21H25FN4O3. The Morgan fingerprint density at radius 2 is 1.52 bits per heavy atom. The molecule has 0 saturated heterocycles. The number of nitrogens with one attached hydrogen (secondary N) is 4. The lowest BCUT2D eigenvalue weighted by atomic mass is 10.1. The summed E-state index contributed by atoms with van der Waals surface area (Å²) in [6, 6.07) is 11.3. The zero-order valence-corrected chi connectivity index (χ0v) is 16.4. The van der Waals surface area contributed by atoms with Gasteiger partial charge >= 0.3 is 6.03 Å². The lowest BCUT2D eigenvalue weighted by molar-refractivity contribution is -0.118. The Balaban J connectivity index is 1.89. The summed E-state index contributed by atoms with van der Waals surface area (Å²) in [6.45, 7) is 3.55. The molecule has 2 rings (SSSR count). The zero-order chi connectivity index (χ0) is 21.2. The van der Waals surface area contributed by atoms with E-state index >= 15 is 0 Å². The largest absolute Gasteiger partial charge is 0.334 e. The molecule has 0 spiro atoms. The van der Waals surface area contributed by atoms with Gasteiger partial charge in [0.2, 0.25) is 11.8 Å². The molecule has 154 valence electrons. The highest BCUT2D eigenvalue weighted by Crippen LogP contribution is 2.14. The van der Waals surface area contributed by atoms with Crippen LogP contribution in [-0.2, 0) is 16.1 Å². The fraction of sp³-hybridized carbons (Fsp3) is 0.286. The number of benzene rings is 2. The van der Waals surface area contributed by atoms with Crippen LogP contribution in [0.15, 0.2) is 48.5 Å². The van der Waals surface area contributed by atoms with Crippen molar-refractivity contribution in [1.82, 2.24) is 10.6 Å². The van der Waals surface area contributed by atoms with Crippen molar-refractivity contribution in [2.24, 2.45) is 0 Å². The molecule has 0 aliphatic carbocycles. The fourth-order valence-electron chi connectivity index (χ4n) is 2.62. The third kappa shape index (κ3) is 7.61. The molecule has 0 aromatic heterocycles. The predicted octanol–water partition coefficient (Wildman–Crippen LogP) is 3.39. The molecule has 0 fully saturated rings. The van der Waals surface area contributed by atoms with E-state index in [0.717, 1.165) is 5.56 Å². The van der Waals surface area contributed by atoms with Gasteiger partial charge in [0.05, 0.1) is 0 Å². The van der Waals surface area contributed by atoms with Gasteiger partial charge in [-0.15, -0.1) is 0 Å². The van der Waals surface area contributed by atoms with E-state index in [2.05, 4.69) is 21.3 Å². The lowest BCUT2D eigenvalue weighted by Crippen LogP contribution is -2.47. The normalized spacial score (nSPS) is 11.3. The summed E-state index contributed by atoms with van der Waals surface area (Å²) in [4.78, 5) is 35.8. The van der Waals surface area contributed by atoms with Crippen molar-refractivity contribution in [2.45, 2.75) is 39.3 Å². The Morgan fingerprint density at radius 3 is 2.07 bits per heavy atom. The summed E-state index contributed by atoms with van der Waals surface area (Å²) in [5, 5.41) is 10.7. The van der Waals surface area contributed by atoms with Gasteiger partial charge in [-0.2, -0.15) is 0 Å². The Hall–Kier alpha value is -3.42. The third-order valence-electron chi connectivity index (χ3n) is 4.04. The first kappa shape index (κ1) is 21.9. The predicted molar refractivity (Wildman–Crippen MR) is 110 cm³/mol. The molecule has 0 radical (unpaired) electrons. The smallest absolute Gasteiger partial charge is 0.315 e. The maximum absolute atomic E-state index is 12.9. The maximum Gasteiger partial charge on any atom is 0.315 e. The van der Waals surface area contributed by atoms with Gasteiger partial charge in [0.15, 0.2) is 0 Å². The van der Waals surface area contributed by atoms with E-state index in [4.69, 9.17) is 0 Å². The minimum atomic E-state index is -0.705. The van der Waals surface area contributed by atoms with Crippen LogP contribution in [0.5, 0.6) is 0 Å². The van der Waals surface area contributed by atoms with Crippen molar-refractivity contribution in [3.05, 3.63) is 59.9 Å². The molecule has 0 heterocycles. The molecule has 0 aliphatic heterocycles. The lowest BCUT2D eigenvalue weighted by Gasteiger charge is -2.18. The van der Waals surface area contributed by atoms with Crippen LogP contribution in [0.25, 0.3) is 0 Å². The topological polar surface area (TPSA) is 99.3 Å². The fourth-order valence-corrected chi connectivity index (χ4v) is 2.62. The summed E-state index contributed by atoms with van der Waals surface area (Å²) in [5.41, 5.74) is 1.93. The van der Waals surface area contributed by atoms with E-state index in [1.54, 1.807) is 36.4 Å². The number of halogens is 1. The second-order valence-electron chi connectivity index (χ2n) is 6.54. The SMILES string of the molecule is CCCC(NC(=O)NCc1ccc(F)cc1)C(=O)Nc1ccc(NC(C)=O)cc1. The summed E-state index contributed by atoms with van der Waals surface area (Å²) in [5.74, 6) is -0.861. The first-order valence-corrected chi connectivity index (χ1v) is 9.34. The van der Waals surface area contributed by atoms with Crippen LogP contribution in [0.1, 0.15) is 32.3 Å². The molecule has 2 aromatic carbocycles. The van der Waals surface area contributed by atoms with Crippen LogP contribution < -0.4 is 21.3 Å². The van der Waals surface area contributed by atoms with Gasteiger partial charge in [0.1, 0.15) is 11.9 Å². The zero-order valence-electron chi connectivity index (χ0n) is 16.4. The highest BCUT2D eigenvalue weighted by atomic mass is 19.1. The van der Waals surface area contributed by atoms with Crippen LogP contribution in [-0.4, -0.2) is 23.9 Å². The summed E-state index contributed by atoms with van der Waals surface area (Å²) >= 11 is 0. The minimum absolute atomic E-state index is 0.180. The monoisotopic (exact) mass is 400 g/mol. The van der Waals surface area contributed by atoms with Gasteiger partial charge in [0, 0.05) is 24.8 Å². The van der Waals surface area contributed by atoms with Gasteiger partial charge in [0.25, 0.3) is 0 Å². The van der Waals surface area contributed by atoms with E-state index in [9.17, 15) is 18.8 Å². The number of carbonyl (C=O) groups excluding carboxylic acids is 3. The van der Waals surface area contributed by atoms with Crippen LogP contribution in [0.2, 0.25) is 0 Å². The number of anilines is 2. The van der Waals surface area contributed by atoms with Gasteiger partial charge < -0.3 is 21.3 Å². The Morgan fingerprint density at radius 1 is 0.931 bits per heavy atom. The third-order valence-corrected chi connectivity index (χ3v) is 4.04. The molecule has 4 amide bonds. The van der Waals surface area contributed by atoms with Crippen molar-refractivity contribution >= 4 is 29.2 Å². The van der Waals surface area contributed by atoms with Gasteiger partial charge in [-0.05, 0) is 48.4 Å². The molecule has 0 bridgehead atoms. The summed E-state index contributed by atoms with van der Waals surface area (Å²) in [7, 11) is 0. The second-order valence-corrected chi connectivity index (χ2v) is 6.54. The molecule has 4 N–H and O–H groups in total. The van der Waals surface area contributed by atoms with Gasteiger partial charge in [-0.1, -0.05) is 25.5 Å². The molecular weight excluding hydrogens is 375 g/mol. The quantitative estimate of drug-likeness (QED) is 0.547. The van der Waals surface area contributed by atoms with E-state index < -0.39 is 12.1 Å². The van der Waals surface area contributed by atoms with E-state index in [0.29, 0.717) is 24.2 Å². The molecule has 0 aliphatic rings. The molecule has 7 nitrogen and oxygen atoms in total. The molecule has 0 saturated carbocycles. The number of urea groups is 1. The van der Waals surface area contributed by atoms with Crippen molar-refractivity contribution in [2.75, 3.05) is 10.6 Å². The first-order valence-electron chi connectivity index (χ1n) is 9.34. The molecule has 1 atom stereocenters. The number of amides is 4. The molecule has 1 unspecified atom stereocenters. The van der Waals surface area contributed by atoms with Crippen molar-refractivity contribution in [3.8, 4) is 0 Å². The number of hydrogen-bond donors (Lipinski definition) is 4. The average Bonchev–Trinajstić information content (AvgIpc) is 2.68. The van der Waals surface area contributed by atoms with Crippen LogP contribution in [0.4, 0.5) is 20.6 Å². The highest BCUT2D eigenvalue weighted by Gasteiger charge is 2.20. The second kappa shape index (κ2) is 10.8. The molecule has 29 heavy (non-hydrogen) atoms. The summed E-state index contributed by atoms with van der Waals surface area (Å²) in [6.07, 6.45) is 1.18. The summed E-state index contributed by atoms with van der Waals surface area (Å²) < 4.78 is 12.9. The van der Waals surface area contributed by atoms with Crippen LogP contribution in [0, 0.1) is 5.82 Å². The maximum atomic E-state index is 12.9. The van der Waals surface area contributed by atoms with Crippen molar-refractivity contribution in [3.63, 3.8) is 0 Å². The molecule has 8 heteroatoms. The van der Waals surface area contributed by atoms with Gasteiger partial charge in [-0.3, -0.25) is 9.59 Å². The van der Waals surface area contributed by atoms with E-state index in [1.807, 2.05) is 6.92 Å². The number of rotatable bonds is 8. The Labute approximate surface area is 169 Å². The van der Waals surface area contributed by atoms with Crippen LogP contribution in [0.3, 0.4) is 0 Å².